The Balaban J connectivity index is 1.42. The van der Waals surface area contributed by atoms with Gasteiger partial charge in [-0.3, -0.25) is 4.79 Å². The van der Waals surface area contributed by atoms with Gasteiger partial charge in [-0.05, 0) is 58.0 Å². The molecule has 0 saturated heterocycles. The number of hydrogen-bond acceptors (Lipinski definition) is 6. The molecule has 1 N–H and O–H groups in total. The number of amides is 1. The summed E-state index contributed by atoms with van der Waals surface area (Å²) in [6.45, 7) is 2.23. The molecule has 3 aromatic carbocycles. The lowest BCUT2D eigenvalue weighted by atomic mass is 10.1. The van der Waals surface area contributed by atoms with Crippen molar-refractivity contribution in [3.05, 3.63) is 83.2 Å². The van der Waals surface area contributed by atoms with Gasteiger partial charge in [0.25, 0.3) is 5.91 Å². The first kappa shape index (κ1) is 23.9. The maximum absolute atomic E-state index is 13.9. The van der Waals surface area contributed by atoms with Gasteiger partial charge in [-0.25, -0.2) is 9.61 Å². The number of imidazole rings is 1. The molecular formula is C25H20F3N5O2S. The highest BCUT2D eigenvalue weighted by molar-refractivity contribution is 7.99. The molecule has 11 heteroatoms. The lowest BCUT2D eigenvalue weighted by molar-refractivity contribution is -0.146. The Kier molecular flexibility index (Phi) is 6.40. The Hall–Kier alpha value is -3.86. The molecule has 7 nitrogen and oxygen atoms in total. The van der Waals surface area contributed by atoms with E-state index in [0.29, 0.717) is 23.1 Å². The van der Waals surface area contributed by atoms with Gasteiger partial charge < -0.3 is 9.88 Å². The average Bonchev–Trinajstić information content (AvgIpc) is 3.49. The largest absolute Gasteiger partial charge is 0.449 e. The Bertz CT molecular complexity index is 1540. The molecule has 0 bridgehead atoms. The van der Waals surface area contributed by atoms with Crippen molar-refractivity contribution in [3.8, 4) is 0 Å². The number of fused-ring (bicyclic) bond motifs is 2. The van der Waals surface area contributed by atoms with E-state index in [4.69, 9.17) is 4.63 Å². The van der Waals surface area contributed by atoms with Crippen LogP contribution in [-0.2, 0) is 19.3 Å². The summed E-state index contributed by atoms with van der Waals surface area (Å²) in [6.07, 6.45) is -4.69. The van der Waals surface area contributed by atoms with Crippen LogP contribution in [0.3, 0.4) is 0 Å². The van der Waals surface area contributed by atoms with Gasteiger partial charge in [0.05, 0.1) is 17.6 Å². The minimum absolute atomic E-state index is 0.0707. The van der Waals surface area contributed by atoms with Crippen LogP contribution in [0, 0.1) is 0 Å². The minimum atomic E-state index is -4.69. The molecule has 0 spiro atoms. The number of nitrogens with one attached hydrogen (secondary N) is 1. The summed E-state index contributed by atoms with van der Waals surface area (Å²) in [4.78, 5) is 17.7. The van der Waals surface area contributed by atoms with Gasteiger partial charge in [-0.1, -0.05) is 31.2 Å². The molecule has 0 saturated carbocycles. The van der Waals surface area contributed by atoms with Crippen LogP contribution in [0.2, 0.25) is 0 Å². The Morgan fingerprint density at radius 3 is 2.61 bits per heavy atom. The summed E-state index contributed by atoms with van der Waals surface area (Å²) in [6, 6.07) is 17.2. The maximum Gasteiger partial charge on any atom is 0.449 e. The standard InChI is InChI=1S/C25H20F3N5O2S/c1-2-36-18-9-6-15(7-10-18)13-29-23(34)16-8-11-21-20(12-16)30-24(25(26,27)28)33(21)14-17-4-3-5-19-22(17)32-35-31-19/h3-12H,2,13-14H2,1H3,(H,29,34). The second kappa shape index (κ2) is 9.65. The van der Waals surface area contributed by atoms with E-state index in [1.807, 2.05) is 24.3 Å². The van der Waals surface area contributed by atoms with E-state index in [1.54, 1.807) is 30.0 Å². The van der Waals surface area contributed by atoms with Crippen molar-refractivity contribution in [2.75, 3.05) is 5.75 Å². The number of alkyl halides is 3. The van der Waals surface area contributed by atoms with Gasteiger partial charge in [-0.15, -0.1) is 11.8 Å². The topological polar surface area (TPSA) is 85.8 Å². The Labute approximate surface area is 207 Å². The SMILES string of the molecule is CCSc1ccc(CNC(=O)c2ccc3c(c2)nc(C(F)(F)F)n3Cc2cccc3nonc23)cc1. The van der Waals surface area contributed by atoms with Crippen LogP contribution in [0.1, 0.15) is 34.2 Å². The summed E-state index contributed by atoms with van der Waals surface area (Å²) >= 11 is 1.72. The number of carbonyl (C=O) groups excluding carboxylic acids is 1. The maximum atomic E-state index is 13.9. The molecule has 5 rings (SSSR count). The fraction of sp³-hybridized carbons (Fsp3) is 0.200. The smallest absolute Gasteiger partial charge is 0.348 e. The van der Waals surface area contributed by atoms with E-state index in [-0.39, 0.29) is 23.1 Å². The summed E-state index contributed by atoms with van der Waals surface area (Å²) in [5.74, 6) is -0.490. The molecule has 0 fully saturated rings. The zero-order valence-electron chi connectivity index (χ0n) is 19.0. The van der Waals surface area contributed by atoms with E-state index < -0.39 is 17.9 Å². The quantitative estimate of drug-likeness (QED) is 0.283. The van der Waals surface area contributed by atoms with Gasteiger partial charge in [0.1, 0.15) is 11.0 Å². The van der Waals surface area contributed by atoms with Crippen LogP contribution in [0.15, 0.2) is 70.2 Å². The Morgan fingerprint density at radius 1 is 1.06 bits per heavy atom. The van der Waals surface area contributed by atoms with Gasteiger partial charge in [-0.2, -0.15) is 13.2 Å². The Morgan fingerprint density at radius 2 is 1.86 bits per heavy atom. The fourth-order valence-corrected chi connectivity index (χ4v) is 4.62. The lowest BCUT2D eigenvalue weighted by Crippen LogP contribution is -2.22. The molecule has 36 heavy (non-hydrogen) atoms. The lowest BCUT2D eigenvalue weighted by Gasteiger charge is -2.11. The summed E-state index contributed by atoms with van der Waals surface area (Å²) in [5.41, 5.74) is 2.79. The molecule has 2 heterocycles. The van der Waals surface area contributed by atoms with Crippen LogP contribution in [0.25, 0.3) is 22.1 Å². The van der Waals surface area contributed by atoms with Crippen molar-refractivity contribution in [2.24, 2.45) is 0 Å². The number of thioether (sulfide) groups is 1. The van der Waals surface area contributed by atoms with E-state index in [1.165, 1.54) is 18.2 Å². The van der Waals surface area contributed by atoms with Crippen molar-refractivity contribution < 1.29 is 22.6 Å². The molecule has 184 valence electrons. The molecule has 0 unspecified atom stereocenters. The number of aromatic nitrogens is 4. The number of benzene rings is 3. The molecule has 0 aliphatic rings. The van der Waals surface area contributed by atoms with Crippen molar-refractivity contribution >= 4 is 39.7 Å². The van der Waals surface area contributed by atoms with Gasteiger partial charge in [0, 0.05) is 22.6 Å². The highest BCUT2D eigenvalue weighted by atomic mass is 32.2. The molecule has 1 amide bonds. The molecule has 0 aliphatic heterocycles. The molecular weight excluding hydrogens is 491 g/mol. The van der Waals surface area contributed by atoms with Crippen LogP contribution in [0.5, 0.6) is 0 Å². The average molecular weight is 512 g/mol. The highest BCUT2D eigenvalue weighted by Crippen LogP contribution is 2.33. The first-order valence-electron chi connectivity index (χ1n) is 11.1. The van der Waals surface area contributed by atoms with Gasteiger partial charge in [0.15, 0.2) is 0 Å². The van der Waals surface area contributed by atoms with Crippen LogP contribution in [-0.4, -0.2) is 31.5 Å². The van der Waals surface area contributed by atoms with Crippen LogP contribution in [0.4, 0.5) is 13.2 Å². The van der Waals surface area contributed by atoms with Crippen LogP contribution < -0.4 is 5.32 Å². The number of hydrogen-bond donors (Lipinski definition) is 1. The van der Waals surface area contributed by atoms with Crippen molar-refractivity contribution in [3.63, 3.8) is 0 Å². The molecule has 2 aromatic heterocycles. The fourth-order valence-electron chi connectivity index (χ4n) is 3.96. The highest BCUT2D eigenvalue weighted by Gasteiger charge is 2.38. The first-order valence-corrected chi connectivity index (χ1v) is 12.1. The molecule has 0 aliphatic carbocycles. The summed E-state index contributed by atoms with van der Waals surface area (Å²) < 4.78 is 47.4. The van der Waals surface area contributed by atoms with E-state index >= 15 is 0 Å². The van der Waals surface area contributed by atoms with Crippen molar-refractivity contribution in [1.29, 1.82) is 0 Å². The van der Waals surface area contributed by atoms with Crippen molar-refractivity contribution in [2.45, 2.75) is 31.1 Å². The third-order valence-corrected chi connectivity index (χ3v) is 6.54. The monoisotopic (exact) mass is 511 g/mol. The predicted octanol–water partition coefficient (Wildman–Crippen LogP) is 5.68. The van der Waals surface area contributed by atoms with Crippen LogP contribution >= 0.6 is 11.8 Å². The normalized spacial score (nSPS) is 11.9. The van der Waals surface area contributed by atoms with E-state index in [9.17, 15) is 18.0 Å². The number of nitrogens with zero attached hydrogens (tertiary/aromatic N) is 4. The summed E-state index contributed by atoms with van der Waals surface area (Å²) in [7, 11) is 0. The predicted molar refractivity (Wildman–Crippen MR) is 130 cm³/mol. The molecule has 0 radical (unpaired) electrons. The van der Waals surface area contributed by atoms with E-state index in [2.05, 4.69) is 27.5 Å². The van der Waals surface area contributed by atoms with Gasteiger partial charge in [0.2, 0.25) is 5.82 Å². The number of halogens is 3. The van der Waals surface area contributed by atoms with Gasteiger partial charge >= 0.3 is 6.18 Å². The van der Waals surface area contributed by atoms with Crippen molar-refractivity contribution in [1.82, 2.24) is 25.2 Å². The zero-order valence-corrected chi connectivity index (χ0v) is 19.9. The molecule has 0 atom stereocenters. The third kappa shape index (κ3) is 4.78. The number of carbonyl (C=O) groups is 1. The zero-order chi connectivity index (χ0) is 25.3. The first-order chi connectivity index (χ1) is 17.3. The summed E-state index contributed by atoms with van der Waals surface area (Å²) in [5, 5.41) is 10.4. The minimum Gasteiger partial charge on any atom is -0.348 e. The molecule has 5 aromatic rings. The second-order valence-corrected chi connectivity index (χ2v) is 9.37. The number of rotatable bonds is 7. The third-order valence-electron chi connectivity index (χ3n) is 5.65. The second-order valence-electron chi connectivity index (χ2n) is 8.03. The van der Waals surface area contributed by atoms with E-state index in [0.717, 1.165) is 20.8 Å².